The number of hydrogen-bond acceptors (Lipinski definition) is 4. The van der Waals surface area contributed by atoms with E-state index in [9.17, 15) is 4.79 Å². The van der Waals surface area contributed by atoms with E-state index in [1.54, 1.807) is 36.0 Å². The molecule has 0 saturated carbocycles. The summed E-state index contributed by atoms with van der Waals surface area (Å²) < 4.78 is 0. The number of hydrogen-bond donors (Lipinski definition) is 0. The molecule has 1 amide bonds. The second kappa shape index (κ2) is 5.69. The highest BCUT2D eigenvalue weighted by Gasteiger charge is 2.36. The van der Waals surface area contributed by atoms with Gasteiger partial charge in [-0.2, -0.15) is 10.1 Å². The topological polar surface area (TPSA) is 35.9 Å². The number of nitrogens with zero attached hydrogens (tertiary/aromatic N) is 3. The molecule has 4 nitrogen and oxygen atoms in total. The first-order valence-corrected chi connectivity index (χ1v) is 8.66. The smallest absolute Gasteiger partial charge is 0.283 e. The first kappa shape index (κ1) is 15.3. The van der Waals surface area contributed by atoms with Gasteiger partial charge in [-0.25, -0.2) is 0 Å². The van der Waals surface area contributed by atoms with Crippen LogP contribution in [0.4, 0.5) is 11.4 Å². The van der Waals surface area contributed by atoms with Crippen molar-refractivity contribution >= 4 is 46.4 Å². The molecular weight excluding hydrogens is 342 g/mol. The van der Waals surface area contributed by atoms with Crippen molar-refractivity contribution in [2.24, 2.45) is 5.10 Å². The number of hydrazone groups is 1. The fourth-order valence-corrected chi connectivity index (χ4v) is 4.19. The van der Waals surface area contributed by atoms with Gasteiger partial charge in [0.2, 0.25) is 0 Å². The van der Waals surface area contributed by atoms with Crippen LogP contribution in [0, 0.1) is 0 Å². The van der Waals surface area contributed by atoms with Gasteiger partial charge in [0.25, 0.3) is 5.91 Å². The van der Waals surface area contributed by atoms with E-state index >= 15 is 0 Å². The number of para-hydroxylation sites is 1. The van der Waals surface area contributed by atoms with Crippen LogP contribution in [-0.4, -0.2) is 18.7 Å². The Morgan fingerprint density at radius 3 is 2.50 bits per heavy atom. The van der Waals surface area contributed by atoms with Crippen LogP contribution in [-0.2, 0) is 4.79 Å². The van der Waals surface area contributed by atoms with Crippen molar-refractivity contribution < 1.29 is 4.79 Å². The van der Waals surface area contributed by atoms with E-state index in [-0.39, 0.29) is 5.91 Å². The molecule has 0 bridgehead atoms. The molecule has 0 atom stereocenters. The summed E-state index contributed by atoms with van der Waals surface area (Å²) in [5.41, 5.74) is 3.18. The summed E-state index contributed by atoms with van der Waals surface area (Å²) in [6.07, 6.45) is 0. The van der Waals surface area contributed by atoms with E-state index in [1.807, 2.05) is 26.1 Å². The molecule has 6 heteroatoms. The SMILES string of the molecule is CC1=NN(c2ccc(Cl)cc2)C(=O)/C1=C1/Sc2ccccc2N1C. The van der Waals surface area contributed by atoms with Crippen LogP contribution >= 0.6 is 23.4 Å². The summed E-state index contributed by atoms with van der Waals surface area (Å²) in [4.78, 5) is 16.2. The lowest BCUT2D eigenvalue weighted by Crippen LogP contribution is -2.24. The molecule has 120 valence electrons. The zero-order valence-electron chi connectivity index (χ0n) is 13.2. The van der Waals surface area contributed by atoms with Crippen LogP contribution in [0.15, 0.2) is 69.1 Å². The van der Waals surface area contributed by atoms with E-state index in [0.29, 0.717) is 16.3 Å². The van der Waals surface area contributed by atoms with Gasteiger partial charge in [0.05, 0.1) is 27.7 Å². The predicted octanol–water partition coefficient (Wildman–Crippen LogP) is 4.52. The molecule has 0 aromatic heterocycles. The molecule has 2 aromatic rings. The summed E-state index contributed by atoms with van der Waals surface area (Å²) in [5.74, 6) is -0.114. The van der Waals surface area contributed by atoms with Crippen LogP contribution < -0.4 is 9.91 Å². The Morgan fingerprint density at radius 1 is 1.08 bits per heavy atom. The van der Waals surface area contributed by atoms with E-state index in [4.69, 9.17) is 11.6 Å². The van der Waals surface area contributed by atoms with Crippen molar-refractivity contribution in [1.82, 2.24) is 0 Å². The maximum Gasteiger partial charge on any atom is 0.283 e. The number of rotatable bonds is 1. The third-order valence-electron chi connectivity index (χ3n) is 4.04. The van der Waals surface area contributed by atoms with Gasteiger partial charge in [0.1, 0.15) is 0 Å². The molecule has 2 aliphatic heterocycles. The van der Waals surface area contributed by atoms with Crippen LogP contribution in [0.25, 0.3) is 0 Å². The monoisotopic (exact) mass is 355 g/mol. The van der Waals surface area contributed by atoms with Crippen molar-refractivity contribution in [3.05, 3.63) is 64.2 Å². The minimum atomic E-state index is -0.114. The molecule has 0 spiro atoms. The number of halogens is 1. The van der Waals surface area contributed by atoms with Crippen molar-refractivity contribution in [3.63, 3.8) is 0 Å². The third-order valence-corrected chi connectivity index (χ3v) is 5.53. The minimum absolute atomic E-state index is 0.114. The first-order chi connectivity index (χ1) is 11.6. The minimum Gasteiger partial charge on any atom is -0.337 e. The normalized spacial score (nSPS) is 19.8. The molecule has 2 heterocycles. The standard InChI is InChI=1S/C18H14ClN3OS/c1-11-16(18-21(2)14-5-3-4-6-15(14)24-18)17(23)22(20-11)13-9-7-12(19)8-10-13/h3-10H,1-2H3/b18-16+. The van der Waals surface area contributed by atoms with Crippen LogP contribution in [0.5, 0.6) is 0 Å². The van der Waals surface area contributed by atoms with Crippen LogP contribution in [0.3, 0.4) is 0 Å². The van der Waals surface area contributed by atoms with Gasteiger partial charge in [-0.3, -0.25) is 4.79 Å². The van der Waals surface area contributed by atoms with Gasteiger partial charge >= 0.3 is 0 Å². The second-order valence-corrected chi connectivity index (χ2v) is 7.05. The summed E-state index contributed by atoms with van der Waals surface area (Å²) >= 11 is 7.53. The Morgan fingerprint density at radius 2 is 1.79 bits per heavy atom. The summed E-state index contributed by atoms with van der Waals surface area (Å²) in [5, 5.41) is 7.43. The number of carbonyl (C=O) groups is 1. The highest BCUT2D eigenvalue weighted by Crippen LogP contribution is 2.47. The van der Waals surface area contributed by atoms with Crippen LogP contribution in [0.2, 0.25) is 5.02 Å². The summed E-state index contributed by atoms with van der Waals surface area (Å²) in [6.45, 7) is 1.87. The Kier molecular flexibility index (Phi) is 3.62. The number of anilines is 2. The molecular formula is C18H14ClN3OS. The molecule has 0 aliphatic carbocycles. The number of fused-ring (bicyclic) bond motifs is 1. The lowest BCUT2D eigenvalue weighted by Gasteiger charge is -2.16. The number of carbonyl (C=O) groups excluding carboxylic acids is 1. The van der Waals surface area contributed by atoms with E-state index in [2.05, 4.69) is 22.1 Å². The maximum absolute atomic E-state index is 13.0. The largest absolute Gasteiger partial charge is 0.337 e. The first-order valence-electron chi connectivity index (χ1n) is 7.47. The van der Waals surface area contributed by atoms with E-state index in [0.717, 1.165) is 21.3 Å². The Bertz CT molecular complexity index is 905. The van der Waals surface area contributed by atoms with Crippen LogP contribution in [0.1, 0.15) is 6.92 Å². The quantitative estimate of drug-likeness (QED) is 0.706. The predicted molar refractivity (Wildman–Crippen MR) is 99.8 cm³/mol. The Balaban J connectivity index is 1.75. The number of amides is 1. The second-order valence-electron chi connectivity index (χ2n) is 5.59. The number of benzene rings is 2. The van der Waals surface area contributed by atoms with Gasteiger partial charge in [-0.15, -0.1) is 0 Å². The molecule has 2 aromatic carbocycles. The summed E-state index contributed by atoms with van der Waals surface area (Å²) in [7, 11) is 1.98. The number of thioether (sulfide) groups is 1. The highest BCUT2D eigenvalue weighted by molar-refractivity contribution is 8.03. The van der Waals surface area contributed by atoms with Gasteiger partial charge in [0, 0.05) is 17.0 Å². The Labute approximate surface area is 149 Å². The zero-order valence-corrected chi connectivity index (χ0v) is 14.7. The fraction of sp³-hybridized carbons (Fsp3) is 0.111. The van der Waals surface area contributed by atoms with Gasteiger partial charge in [-0.05, 0) is 43.3 Å². The van der Waals surface area contributed by atoms with Crippen molar-refractivity contribution in [3.8, 4) is 0 Å². The molecule has 4 rings (SSSR count). The highest BCUT2D eigenvalue weighted by atomic mass is 35.5. The molecule has 0 radical (unpaired) electrons. The zero-order chi connectivity index (χ0) is 16.8. The van der Waals surface area contributed by atoms with Crippen molar-refractivity contribution in [2.75, 3.05) is 17.0 Å². The third kappa shape index (κ3) is 2.32. The summed E-state index contributed by atoms with van der Waals surface area (Å²) in [6, 6.07) is 15.2. The van der Waals surface area contributed by atoms with Gasteiger partial charge in [-0.1, -0.05) is 35.5 Å². The van der Waals surface area contributed by atoms with E-state index < -0.39 is 0 Å². The van der Waals surface area contributed by atoms with Crippen molar-refractivity contribution in [2.45, 2.75) is 11.8 Å². The molecule has 0 fully saturated rings. The Hall–Kier alpha value is -2.24. The molecule has 0 saturated heterocycles. The molecule has 0 unspecified atom stereocenters. The maximum atomic E-state index is 13.0. The molecule has 2 aliphatic rings. The average Bonchev–Trinajstić information content (AvgIpc) is 3.05. The average molecular weight is 356 g/mol. The lowest BCUT2D eigenvalue weighted by molar-refractivity contribution is -0.114. The van der Waals surface area contributed by atoms with Gasteiger partial charge < -0.3 is 4.90 Å². The fourth-order valence-electron chi connectivity index (χ4n) is 2.83. The molecule has 0 N–H and O–H groups in total. The van der Waals surface area contributed by atoms with Crippen molar-refractivity contribution in [1.29, 1.82) is 0 Å². The van der Waals surface area contributed by atoms with Gasteiger partial charge in [0.15, 0.2) is 0 Å². The lowest BCUT2D eigenvalue weighted by atomic mass is 10.2. The van der Waals surface area contributed by atoms with E-state index in [1.165, 1.54) is 5.01 Å². The molecule has 24 heavy (non-hydrogen) atoms.